The molecule has 2 aliphatic heterocycles. The van der Waals surface area contributed by atoms with E-state index < -0.39 is 17.5 Å². The van der Waals surface area contributed by atoms with Crippen LogP contribution >= 0.6 is 0 Å². The summed E-state index contributed by atoms with van der Waals surface area (Å²) in [5.74, 6) is -1.20. The quantitative estimate of drug-likeness (QED) is 0.794. The van der Waals surface area contributed by atoms with E-state index in [-0.39, 0.29) is 24.7 Å². The van der Waals surface area contributed by atoms with Crippen LogP contribution in [0.25, 0.3) is 0 Å². The Labute approximate surface area is 119 Å². The number of carbonyl (C=O) groups is 2. The summed E-state index contributed by atoms with van der Waals surface area (Å²) in [6.45, 7) is 6.91. The number of fused-ring (bicyclic) bond motifs is 1. The molecule has 0 aromatic carbocycles. The molecule has 2 heterocycles. The third-order valence-corrected chi connectivity index (χ3v) is 3.76. The number of carboxylic acid groups (broad SMARTS) is 1. The van der Waals surface area contributed by atoms with Crippen LogP contribution in [-0.4, -0.2) is 53.5 Å². The van der Waals surface area contributed by atoms with Gasteiger partial charge in [-0.2, -0.15) is 0 Å². The number of aliphatic carboxylic acids is 1. The molecule has 2 saturated heterocycles. The molecule has 3 atom stereocenters. The van der Waals surface area contributed by atoms with Gasteiger partial charge in [0.2, 0.25) is 0 Å². The van der Waals surface area contributed by atoms with E-state index in [1.807, 2.05) is 20.8 Å². The monoisotopic (exact) mass is 285 g/mol. The third kappa shape index (κ3) is 3.62. The topological polar surface area (TPSA) is 76.1 Å². The van der Waals surface area contributed by atoms with Crippen molar-refractivity contribution in [3.8, 4) is 0 Å². The molecule has 1 amide bonds. The fourth-order valence-electron chi connectivity index (χ4n) is 2.79. The van der Waals surface area contributed by atoms with Crippen LogP contribution in [0.1, 0.15) is 33.6 Å². The number of nitrogens with zero attached hydrogens (tertiary/aromatic N) is 1. The SMILES string of the molecule is CC(C)(C)OC(=O)N1CC[C@H]2OC[C@@H](C(=O)O)C[C@H]2C1. The molecule has 6 heteroatoms. The summed E-state index contributed by atoms with van der Waals surface area (Å²) in [6, 6.07) is 0. The standard InChI is InChI=1S/C14H23NO5/c1-14(2,3)20-13(18)15-5-4-11-9(7-15)6-10(8-19-11)12(16)17/h9-11H,4-8H2,1-3H3,(H,16,17)/t9-,10-,11+/m0/s1. The summed E-state index contributed by atoms with van der Waals surface area (Å²) in [6.07, 6.45) is 1.06. The van der Waals surface area contributed by atoms with Gasteiger partial charge in [-0.25, -0.2) is 4.79 Å². The second kappa shape index (κ2) is 5.60. The lowest BCUT2D eigenvalue weighted by Gasteiger charge is -2.42. The molecule has 1 N–H and O–H groups in total. The lowest BCUT2D eigenvalue weighted by atomic mass is 9.84. The lowest BCUT2D eigenvalue weighted by Crippen LogP contribution is -2.51. The molecule has 114 valence electrons. The molecular weight excluding hydrogens is 262 g/mol. The van der Waals surface area contributed by atoms with Crippen molar-refractivity contribution in [2.75, 3.05) is 19.7 Å². The lowest BCUT2D eigenvalue weighted by molar-refractivity contribution is -0.154. The highest BCUT2D eigenvalue weighted by Gasteiger charge is 2.40. The Morgan fingerprint density at radius 3 is 2.65 bits per heavy atom. The molecule has 0 spiro atoms. The minimum absolute atomic E-state index is 0.0734. The molecule has 2 aliphatic rings. The minimum atomic E-state index is -0.821. The van der Waals surface area contributed by atoms with Gasteiger partial charge in [0, 0.05) is 19.0 Å². The first-order valence-electron chi connectivity index (χ1n) is 7.08. The van der Waals surface area contributed by atoms with Gasteiger partial charge in [-0.05, 0) is 33.6 Å². The first kappa shape index (κ1) is 15.1. The van der Waals surface area contributed by atoms with Crippen molar-refractivity contribution in [3.63, 3.8) is 0 Å². The van der Waals surface area contributed by atoms with E-state index in [9.17, 15) is 9.59 Å². The third-order valence-electron chi connectivity index (χ3n) is 3.76. The van der Waals surface area contributed by atoms with Crippen molar-refractivity contribution >= 4 is 12.1 Å². The molecule has 0 radical (unpaired) electrons. The number of amides is 1. The van der Waals surface area contributed by atoms with E-state index >= 15 is 0 Å². The predicted molar refractivity (Wildman–Crippen MR) is 71.4 cm³/mol. The van der Waals surface area contributed by atoms with Crippen molar-refractivity contribution in [3.05, 3.63) is 0 Å². The van der Waals surface area contributed by atoms with Gasteiger partial charge in [0.25, 0.3) is 0 Å². The fourth-order valence-corrected chi connectivity index (χ4v) is 2.79. The van der Waals surface area contributed by atoms with E-state index in [0.29, 0.717) is 19.5 Å². The highest BCUT2D eigenvalue weighted by molar-refractivity contribution is 5.70. The van der Waals surface area contributed by atoms with Gasteiger partial charge in [0.05, 0.1) is 18.6 Å². The van der Waals surface area contributed by atoms with Gasteiger partial charge in [-0.3, -0.25) is 4.79 Å². The second-order valence-corrected chi connectivity index (χ2v) is 6.62. The maximum Gasteiger partial charge on any atom is 0.410 e. The highest BCUT2D eigenvalue weighted by atomic mass is 16.6. The summed E-state index contributed by atoms with van der Waals surface area (Å²) < 4.78 is 11.0. The van der Waals surface area contributed by atoms with Gasteiger partial charge in [-0.15, -0.1) is 0 Å². The smallest absolute Gasteiger partial charge is 0.410 e. The van der Waals surface area contributed by atoms with Crippen molar-refractivity contribution in [2.24, 2.45) is 11.8 Å². The second-order valence-electron chi connectivity index (χ2n) is 6.62. The van der Waals surface area contributed by atoms with Crippen LogP contribution in [0, 0.1) is 11.8 Å². The fraction of sp³-hybridized carbons (Fsp3) is 0.857. The molecule has 2 fully saturated rings. The van der Waals surface area contributed by atoms with E-state index in [2.05, 4.69) is 0 Å². The Morgan fingerprint density at radius 2 is 2.05 bits per heavy atom. The van der Waals surface area contributed by atoms with Crippen LogP contribution in [0.15, 0.2) is 0 Å². The van der Waals surface area contributed by atoms with Gasteiger partial charge < -0.3 is 19.5 Å². The van der Waals surface area contributed by atoms with Gasteiger partial charge >= 0.3 is 12.1 Å². The molecular formula is C14H23NO5. The number of likely N-dealkylation sites (tertiary alicyclic amines) is 1. The molecule has 0 aromatic heterocycles. The Hall–Kier alpha value is -1.30. The van der Waals surface area contributed by atoms with Crippen molar-refractivity contribution in [1.82, 2.24) is 4.90 Å². The van der Waals surface area contributed by atoms with Gasteiger partial charge in [0.1, 0.15) is 5.60 Å². The van der Waals surface area contributed by atoms with E-state index in [1.54, 1.807) is 4.90 Å². The maximum atomic E-state index is 12.1. The zero-order valence-corrected chi connectivity index (χ0v) is 12.3. The Morgan fingerprint density at radius 1 is 1.35 bits per heavy atom. The van der Waals surface area contributed by atoms with Crippen LogP contribution in [0.5, 0.6) is 0 Å². The molecule has 0 unspecified atom stereocenters. The van der Waals surface area contributed by atoms with E-state index in [1.165, 1.54) is 0 Å². The van der Waals surface area contributed by atoms with Crippen molar-refractivity contribution in [1.29, 1.82) is 0 Å². The number of carboxylic acids is 1. The predicted octanol–water partition coefficient (Wildman–Crippen LogP) is 1.73. The first-order valence-corrected chi connectivity index (χ1v) is 7.08. The first-order chi connectivity index (χ1) is 9.26. The van der Waals surface area contributed by atoms with E-state index in [4.69, 9.17) is 14.6 Å². The van der Waals surface area contributed by atoms with Crippen LogP contribution in [-0.2, 0) is 14.3 Å². The molecule has 0 aromatic rings. The molecule has 20 heavy (non-hydrogen) atoms. The van der Waals surface area contributed by atoms with Crippen LogP contribution in [0.2, 0.25) is 0 Å². The zero-order valence-electron chi connectivity index (χ0n) is 12.3. The number of hydrogen-bond donors (Lipinski definition) is 1. The van der Waals surface area contributed by atoms with Crippen LogP contribution in [0.3, 0.4) is 0 Å². The average Bonchev–Trinajstić information content (AvgIpc) is 2.35. The largest absolute Gasteiger partial charge is 0.481 e. The van der Waals surface area contributed by atoms with Gasteiger partial charge in [0.15, 0.2) is 0 Å². The van der Waals surface area contributed by atoms with Crippen molar-refractivity contribution < 1.29 is 24.2 Å². The zero-order chi connectivity index (χ0) is 14.9. The van der Waals surface area contributed by atoms with Gasteiger partial charge in [-0.1, -0.05) is 0 Å². The number of carbonyl (C=O) groups excluding carboxylic acids is 1. The molecule has 0 bridgehead atoms. The van der Waals surface area contributed by atoms with E-state index in [0.717, 1.165) is 6.42 Å². The summed E-state index contributed by atoms with van der Waals surface area (Å²) >= 11 is 0. The highest BCUT2D eigenvalue weighted by Crippen LogP contribution is 2.32. The average molecular weight is 285 g/mol. The van der Waals surface area contributed by atoms with Crippen LogP contribution in [0.4, 0.5) is 4.79 Å². The van der Waals surface area contributed by atoms with Crippen molar-refractivity contribution in [2.45, 2.75) is 45.3 Å². The number of rotatable bonds is 1. The molecule has 6 nitrogen and oxygen atoms in total. The summed E-state index contributed by atoms with van der Waals surface area (Å²) in [5, 5.41) is 9.07. The Bertz CT molecular complexity index is 390. The Balaban J connectivity index is 1.94. The summed E-state index contributed by atoms with van der Waals surface area (Å²) in [7, 11) is 0. The summed E-state index contributed by atoms with van der Waals surface area (Å²) in [4.78, 5) is 24.8. The summed E-state index contributed by atoms with van der Waals surface area (Å²) in [5.41, 5.74) is -0.513. The minimum Gasteiger partial charge on any atom is -0.481 e. The number of hydrogen-bond acceptors (Lipinski definition) is 4. The maximum absolute atomic E-state index is 12.1. The molecule has 0 aliphatic carbocycles. The van der Waals surface area contributed by atoms with Crippen LogP contribution < -0.4 is 0 Å². The molecule has 2 rings (SSSR count). The normalized spacial score (nSPS) is 30.6. The molecule has 0 saturated carbocycles. The Kier molecular flexibility index (Phi) is 4.22. The number of piperidine rings is 1. The number of ether oxygens (including phenoxy) is 2.